The van der Waals surface area contributed by atoms with Crippen LogP contribution in [-0.4, -0.2) is 13.2 Å². The first kappa shape index (κ1) is 17.2. The maximum atomic E-state index is 14.1. The SMILES string of the molecule is COc1cc(N)ccc1OC(F)(F)C(F)(F)c1ccc(Cl)cc1. The van der Waals surface area contributed by atoms with Crippen molar-refractivity contribution < 1.29 is 27.0 Å². The molecule has 2 N–H and O–H groups in total. The van der Waals surface area contributed by atoms with E-state index in [0.29, 0.717) is 0 Å². The van der Waals surface area contributed by atoms with Gasteiger partial charge in [0, 0.05) is 22.3 Å². The van der Waals surface area contributed by atoms with Crippen LogP contribution in [0.2, 0.25) is 5.02 Å². The lowest BCUT2D eigenvalue weighted by Gasteiger charge is -2.27. The zero-order valence-electron chi connectivity index (χ0n) is 11.8. The molecule has 0 aliphatic rings. The molecule has 0 saturated carbocycles. The summed E-state index contributed by atoms with van der Waals surface area (Å²) in [4.78, 5) is 0. The number of halogens is 5. The summed E-state index contributed by atoms with van der Waals surface area (Å²) in [5.74, 6) is -5.32. The monoisotopic (exact) mass is 349 g/mol. The average Bonchev–Trinajstić information content (AvgIpc) is 2.49. The van der Waals surface area contributed by atoms with E-state index in [-0.39, 0.29) is 16.5 Å². The fraction of sp³-hybridized carbons (Fsp3) is 0.200. The Balaban J connectivity index is 2.35. The Bertz CT molecular complexity index is 692. The number of rotatable bonds is 5. The zero-order chi connectivity index (χ0) is 17.3. The Kier molecular flexibility index (Phi) is 4.61. The summed E-state index contributed by atoms with van der Waals surface area (Å²) < 4.78 is 65.2. The van der Waals surface area contributed by atoms with Crippen LogP contribution in [-0.2, 0) is 5.92 Å². The van der Waals surface area contributed by atoms with Crippen LogP contribution in [0, 0.1) is 0 Å². The second-order valence-corrected chi connectivity index (χ2v) is 5.05. The minimum Gasteiger partial charge on any atom is -0.493 e. The number of nitrogens with two attached hydrogens (primary N) is 1. The highest BCUT2D eigenvalue weighted by molar-refractivity contribution is 6.30. The highest BCUT2D eigenvalue weighted by Crippen LogP contribution is 2.45. The molecule has 0 fully saturated rings. The molecule has 2 aromatic carbocycles. The minimum absolute atomic E-state index is 0.147. The van der Waals surface area contributed by atoms with Crippen molar-refractivity contribution in [2.45, 2.75) is 12.0 Å². The first-order valence-corrected chi connectivity index (χ1v) is 6.69. The number of alkyl halides is 4. The average molecular weight is 350 g/mol. The predicted molar refractivity (Wildman–Crippen MR) is 78.3 cm³/mol. The quantitative estimate of drug-likeness (QED) is 0.629. The van der Waals surface area contributed by atoms with Crippen LogP contribution in [0.1, 0.15) is 5.56 Å². The van der Waals surface area contributed by atoms with Crippen LogP contribution < -0.4 is 15.2 Å². The van der Waals surface area contributed by atoms with Gasteiger partial charge < -0.3 is 15.2 Å². The Morgan fingerprint density at radius 1 is 0.957 bits per heavy atom. The van der Waals surface area contributed by atoms with Crippen molar-refractivity contribution >= 4 is 17.3 Å². The lowest BCUT2D eigenvalue weighted by Crippen LogP contribution is -2.43. The standard InChI is InChI=1S/C15H12ClF4NO2/c1-22-13-8-11(21)6-7-12(13)23-15(19,20)14(17,18)9-2-4-10(16)5-3-9/h2-8H,21H2,1H3. The number of anilines is 1. The van der Waals surface area contributed by atoms with Crippen molar-refractivity contribution in [2.75, 3.05) is 12.8 Å². The third-order valence-corrected chi connectivity index (χ3v) is 3.25. The van der Waals surface area contributed by atoms with E-state index in [2.05, 4.69) is 4.74 Å². The van der Waals surface area contributed by atoms with Gasteiger partial charge in [0.25, 0.3) is 0 Å². The molecular weight excluding hydrogens is 338 g/mol. The van der Waals surface area contributed by atoms with Crippen molar-refractivity contribution in [3.05, 3.63) is 53.1 Å². The molecule has 2 aromatic rings. The van der Waals surface area contributed by atoms with Crippen molar-refractivity contribution in [1.82, 2.24) is 0 Å². The van der Waals surface area contributed by atoms with E-state index >= 15 is 0 Å². The third kappa shape index (κ3) is 3.44. The number of nitrogen functional groups attached to an aromatic ring is 1. The van der Waals surface area contributed by atoms with E-state index in [1.54, 1.807) is 0 Å². The van der Waals surface area contributed by atoms with E-state index < -0.39 is 23.3 Å². The number of methoxy groups -OCH3 is 1. The van der Waals surface area contributed by atoms with Crippen LogP contribution in [0.3, 0.4) is 0 Å². The summed E-state index contributed by atoms with van der Waals surface area (Å²) in [6.07, 6.45) is -4.82. The number of ether oxygens (including phenoxy) is 2. The lowest BCUT2D eigenvalue weighted by atomic mass is 10.1. The summed E-state index contributed by atoms with van der Waals surface area (Å²) in [6, 6.07) is 7.23. The van der Waals surface area contributed by atoms with E-state index in [1.807, 2.05) is 0 Å². The molecule has 0 unspecified atom stereocenters. The van der Waals surface area contributed by atoms with Crippen molar-refractivity contribution in [3.8, 4) is 11.5 Å². The van der Waals surface area contributed by atoms with E-state index in [0.717, 1.165) is 30.3 Å². The lowest BCUT2D eigenvalue weighted by molar-refractivity contribution is -0.316. The van der Waals surface area contributed by atoms with Gasteiger partial charge >= 0.3 is 12.0 Å². The minimum atomic E-state index is -4.82. The van der Waals surface area contributed by atoms with Crippen molar-refractivity contribution in [1.29, 1.82) is 0 Å². The predicted octanol–water partition coefficient (Wildman–Crippen LogP) is 4.69. The molecule has 0 spiro atoms. The van der Waals surface area contributed by atoms with Crippen molar-refractivity contribution in [3.63, 3.8) is 0 Å². The second-order valence-electron chi connectivity index (χ2n) is 4.61. The first-order chi connectivity index (χ1) is 10.7. The van der Waals surface area contributed by atoms with Crippen LogP contribution in [0.25, 0.3) is 0 Å². The summed E-state index contributed by atoms with van der Waals surface area (Å²) in [5.41, 5.74) is 4.75. The molecule has 0 atom stereocenters. The van der Waals surface area contributed by atoms with Gasteiger partial charge in [-0.3, -0.25) is 0 Å². The fourth-order valence-corrected chi connectivity index (χ4v) is 1.92. The van der Waals surface area contributed by atoms with Gasteiger partial charge in [0.05, 0.1) is 7.11 Å². The van der Waals surface area contributed by atoms with Gasteiger partial charge in [0.15, 0.2) is 11.5 Å². The molecule has 3 nitrogen and oxygen atoms in total. The molecule has 124 valence electrons. The van der Waals surface area contributed by atoms with Gasteiger partial charge in [-0.15, -0.1) is 0 Å². The maximum Gasteiger partial charge on any atom is 0.469 e. The molecule has 0 saturated heterocycles. The van der Waals surface area contributed by atoms with E-state index in [4.69, 9.17) is 22.1 Å². The van der Waals surface area contributed by atoms with E-state index in [1.165, 1.54) is 19.2 Å². The molecule has 0 aliphatic carbocycles. The molecule has 2 rings (SSSR count). The Labute approximate surface area is 134 Å². The molecule has 0 aromatic heterocycles. The van der Waals surface area contributed by atoms with Gasteiger partial charge in [-0.25, -0.2) is 0 Å². The van der Waals surface area contributed by atoms with Crippen LogP contribution in [0.15, 0.2) is 42.5 Å². The second kappa shape index (κ2) is 6.16. The van der Waals surface area contributed by atoms with Crippen LogP contribution >= 0.6 is 11.6 Å². The van der Waals surface area contributed by atoms with E-state index in [9.17, 15) is 17.6 Å². The summed E-state index contributed by atoms with van der Waals surface area (Å²) >= 11 is 5.57. The first-order valence-electron chi connectivity index (χ1n) is 6.31. The molecule has 0 radical (unpaired) electrons. The molecule has 8 heteroatoms. The summed E-state index contributed by atoms with van der Waals surface area (Å²) in [5, 5.41) is 0.147. The van der Waals surface area contributed by atoms with Gasteiger partial charge in [-0.1, -0.05) is 23.7 Å². The Morgan fingerprint density at radius 3 is 2.13 bits per heavy atom. The Hall–Kier alpha value is -2.15. The summed E-state index contributed by atoms with van der Waals surface area (Å²) in [6.45, 7) is 0. The highest BCUT2D eigenvalue weighted by atomic mass is 35.5. The van der Waals surface area contributed by atoms with Gasteiger partial charge in [-0.05, 0) is 24.3 Å². The molecule has 0 heterocycles. The van der Waals surface area contributed by atoms with Gasteiger partial charge in [0.2, 0.25) is 0 Å². The van der Waals surface area contributed by atoms with Crippen LogP contribution in [0.4, 0.5) is 23.2 Å². The largest absolute Gasteiger partial charge is 0.493 e. The number of benzene rings is 2. The summed E-state index contributed by atoms with van der Waals surface area (Å²) in [7, 11) is 1.18. The number of hydrogen-bond donors (Lipinski definition) is 1. The normalized spacial score (nSPS) is 12.1. The molecular formula is C15H12ClF4NO2. The zero-order valence-corrected chi connectivity index (χ0v) is 12.6. The third-order valence-electron chi connectivity index (χ3n) is 3.00. The molecule has 0 bridgehead atoms. The molecule has 0 aliphatic heterocycles. The molecule has 23 heavy (non-hydrogen) atoms. The smallest absolute Gasteiger partial charge is 0.469 e. The Morgan fingerprint density at radius 2 is 1.57 bits per heavy atom. The highest BCUT2D eigenvalue weighted by Gasteiger charge is 2.60. The number of hydrogen-bond acceptors (Lipinski definition) is 3. The van der Waals surface area contributed by atoms with Gasteiger partial charge in [-0.2, -0.15) is 17.6 Å². The van der Waals surface area contributed by atoms with Crippen molar-refractivity contribution in [2.24, 2.45) is 0 Å². The van der Waals surface area contributed by atoms with Gasteiger partial charge in [0.1, 0.15) is 0 Å². The van der Waals surface area contributed by atoms with Crippen LogP contribution in [0.5, 0.6) is 11.5 Å². The molecule has 0 amide bonds. The topological polar surface area (TPSA) is 44.5 Å². The fourth-order valence-electron chi connectivity index (χ4n) is 1.80. The maximum absolute atomic E-state index is 14.1.